The molecule has 1 atom stereocenters. The second-order valence-electron chi connectivity index (χ2n) is 8.00. The molecular formula is C26H27ClN4O3S. The molecule has 1 aliphatic heterocycles. The zero-order valence-electron chi connectivity index (χ0n) is 19.1. The van der Waals surface area contributed by atoms with E-state index in [1.807, 2.05) is 60.7 Å². The standard InChI is InChI=1S/C26H24ClN3O3S.H3N/c27-21-8-4-5-9-22(21)34-24-25(31)28-30(26(24)32)23(18-6-2-1-3-7-18)19-10-12-20(13-11-19)29-14-16-33-17-15-29;/h1-13,23,32H,14-17H2,(H,28,31);1H3. The van der Waals surface area contributed by atoms with Gasteiger partial charge >= 0.3 is 0 Å². The van der Waals surface area contributed by atoms with Gasteiger partial charge in [0.15, 0.2) is 0 Å². The molecule has 1 unspecified atom stereocenters. The molecule has 4 aromatic rings. The van der Waals surface area contributed by atoms with Crippen molar-refractivity contribution in [1.82, 2.24) is 15.9 Å². The van der Waals surface area contributed by atoms with Gasteiger partial charge in [-0.1, -0.05) is 78.0 Å². The molecule has 3 aromatic carbocycles. The Morgan fingerprint density at radius 1 is 0.914 bits per heavy atom. The molecule has 7 nitrogen and oxygen atoms in total. The van der Waals surface area contributed by atoms with Crippen molar-refractivity contribution in [2.75, 3.05) is 31.2 Å². The number of aromatic nitrogens is 2. The van der Waals surface area contributed by atoms with Gasteiger partial charge in [-0.15, -0.1) is 0 Å². The summed E-state index contributed by atoms with van der Waals surface area (Å²) in [6.45, 7) is 3.16. The van der Waals surface area contributed by atoms with Crippen LogP contribution in [0.3, 0.4) is 0 Å². The van der Waals surface area contributed by atoms with Crippen molar-refractivity contribution in [3.63, 3.8) is 0 Å². The Morgan fingerprint density at radius 2 is 1.54 bits per heavy atom. The van der Waals surface area contributed by atoms with Gasteiger partial charge in [0.1, 0.15) is 10.9 Å². The fourth-order valence-electron chi connectivity index (χ4n) is 4.16. The summed E-state index contributed by atoms with van der Waals surface area (Å²) in [5.41, 5.74) is 2.64. The Morgan fingerprint density at radius 3 is 2.23 bits per heavy atom. The number of hydrogen-bond donors (Lipinski definition) is 3. The van der Waals surface area contributed by atoms with E-state index in [1.165, 1.54) is 4.68 Å². The average Bonchev–Trinajstić information content (AvgIpc) is 3.15. The average molecular weight is 511 g/mol. The minimum Gasteiger partial charge on any atom is -0.493 e. The molecule has 0 radical (unpaired) electrons. The minimum atomic E-state index is -0.409. The van der Waals surface area contributed by atoms with Gasteiger partial charge in [0.05, 0.1) is 18.2 Å². The monoisotopic (exact) mass is 510 g/mol. The predicted molar refractivity (Wildman–Crippen MR) is 140 cm³/mol. The number of benzene rings is 3. The molecule has 9 heteroatoms. The van der Waals surface area contributed by atoms with E-state index in [9.17, 15) is 9.90 Å². The molecule has 35 heavy (non-hydrogen) atoms. The summed E-state index contributed by atoms with van der Waals surface area (Å²) in [6, 6.07) is 24.9. The van der Waals surface area contributed by atoms with Crippen molar-refractivity contribution in [2.45, 2.75) is 15.8 Å². The molecule has 0 saturated carbocycles. The van der Waals surface area contributed by atoms with Crippen LogP contribution in [0.5, 0.6) is 5.88 Å². The number of H-pyrrole nitrogens is 1. The number of nitrogens with zero attached hydrogens (tertiary/aromatic N) is 2. The van der Waals surface area contributed by atoms with Gasteiger partial charge in [-0.2, -0.15) is 0 Å². The van der Waals surface area contributed by atoms with Crippen LogP contribution in [-0.4, -0.2) is 41.2 Å². The van der Waals surface area contributed by atoms with E-state index < -0.39 is 6.04 Å². The first-order chi connectivity index (χ1) is 16.6. The van der Waals surface area contributed by atoms with Crippen molar-refractivity contribution in [3.8, 4) is 5.88 Å². The smallest absolute Gasteiger partial charge is 0.282 e. The molecule has 5 N–H and O–H groups in total. The summed E-state index contributed by atoms with van der Waals surface area (Å²) < 4.78 is 6.99. The summed E-state index contributed by atoms with van der Waals surface area (Å²) in [4.78, 5) is 16.1. The van der Waals surface area contributed by atoms with Crippen LogP contribution in [-0.2, 0) is 4.74 Å². The largest absolute Gasteiger partial charge is 0.493 e. The van der Waals surface area contributed by atoms with Crippen LogP contribution in [0.2, 0.25) is 5.02 Å². The first-order valence-corrected chi connectivity index (χ1v) is 12.2. The van der Waals surface area contributed by atoms with Crippen molar-refractivity contribution >= 4 is 29.1 Å². The zero-order valence-corrected chi connectivity index (χ0v) is 20.6. The van der Waals surface area contributed by atoms with Gasteiger partial charge < -0.3 is 20.9 Å². The highest BCUT2D eigenvalue weighted by Crippen LogP contribution is 2.38. The van der Waals surface area contributed by atoms with Crippen LogP contribution >= 0.6 is 23.4 Å². The molecule has 182 valence electrons. The third kappa shape index (κ3) is 5.26. The number of ether oxygens (including phenoxy) is 1. The quantitative estimate of drug-likeness (QED) is 0.324. The number of morpholine rings is 1. The van der Waals surface area contributed by atoms with E-state index in [4.69, 9.17) is 16.3 Å². The summed E-state index contributed by atoms with van der Waals surface area (Å²) >= 11 is 7.44. The summed E-state index contributed by atoms with van der Waals surface area (Å²) in [5.74, 6) is -0.124. The highest BCUT2D eigenvalue weighted by Gasteiger charge is 2.25. The molecule has 1 aromatic heterocycles. The van der Waals surface area contributed by atoms with Crippen LogP contribution in [0, 0.1) is 0 Å². The van der Waals surface area contributed by atoms with Crippen LogP contribution in [0.25, 0.3) is 0 Å². The highest BCUT2D eigenvalue weighted by atomic mass is 35.5. The predicted octanol–water partition coefficient (Wildman–Crippen LogP) is 5.32. The maximum Gasteiger partial charge on any atom is 0.282 e. The number of aromatic amines is 1. The normalized spacial score (nSPS) is 14.4. The fourth-order valence-corrected chi connectivity index (χ4v) is 5.27. The topological polar surface area (TPSA) is 105 Å². The van der Waals surface area contributed by atoms with E-state index in [1.54, 1.807) is 6.07 Å². The van der Waals surface area contributed by atoms with Gasteiger partial charge in [0.25, 0.3) is 5.56 Å². The van der Waals surface area contributed by atoms with E-state index >= 15 is 0 Å². The molecule has 1 fully saturated rings. The zero-order chi connectivity index (χ0) is 23.5. The molecule has 0 spiro atoms. The fraction of sp³-hybridized carbons (Fsp3) is 0.192. The number of aromatic hydroxyl groups is 1. The Kier molecular flexibility index (Phi) is 7.87. The Bertz CT molecular complexity index is 1320. The van der Waals surface area contributed by atoms with Crippen LogP contribution < -0.4 is 16.6 Å². The van der Waals surface area contributed by atoms with Crippen molar-refractivity contribution in [3.05, 3.63) is 105 Å². The molecule has 1 saturated heterocycles. The van der Waals surface area contributed by atoms with Crippen molar-refractivity contribution in [1.29, 1.82) is 0 Å². The van der Waals surface area contributed by atoms with E-state index in [-0.39, 0.29) is 22.5 Å². The maximum absolute atomic E-state index is 12.9. The first kappa shape index (κ1) is 24.9. The molecule has 2 heterocycles. The highest BCUT2D eigenvalue weighted by molar-refractivity contribution is 7.99. The Hall–Kier alpha value is -3.17. The second-order valence-corrected chi connectivity index (χ2v) is 9.46. The number of halogens is 1. The number of rotatable bonds is 6. The molecular weight excluding hydrogens is 484 g/mol. The summed E-state index contributed by atoms with van der Waals surface area (Å²) in [5, 5.41) is 14.5. The number of anilines is 1. The Balaban J connectivity index is 0.00000289. The summed E-state index contributed by atoms with van der Waals surface area (Å²) in [7, 11) is 0. The minimum absolute atomic E-state index is 0. The van der Waals surface area contributed by atoms with Gasteiger partial charge in [0, 0.05) is 23.7 Å². The lowest BCUT2D eigenvalue weighted by Crippen LogP contribution is -2.36. The second kappa shape index (κ2) is 11.0. The lowest BCUT2D eigenvalue weighted by Gasteiger charge is -2.29. The summed E-state index contributed by atoms with van der Waals surface area (Å²) in [6.07, 6.45) is 0. The van der Waals surface area contributed by atoms with Gasteiger partial charge in [-0.25, -0.2) is 4.68 Å². The molecule has 1 aliphatic rings. The number of nitrogens with one attached hydrogen (secondary N) is 1. The van der Waals surface area contributed by atoms with Crippen molar-refractivity contribution in [2.24, 2.45) is 0 Å². The number of hydrogen-bond acceptors (Lipinski definition) is 6. The third-order valence-corrected chi connectivity index (χ3v) is 7.46. The van der Waals surface area contributed by atoms with Gasteiger partial charge in [0.2, 0.25) is 5.88 Å². The first-order valence-electron chi connectivity index (χ1n) is 11.1. The lowest BCUT2D eigenvalue weighted by atomic mass is 9.98. The van der Waals surface area contributed by atoms with Crippen molar-refractivity contribution < 1.29 is 9.84 Å². The van der Waals surface area contributed by atoms with Gasteiger partial charge in [-0.3, -0.25) is 9.89 Å². The molecule has 0 bridgehead atoms. The molecule has 5 rings (SSSR count). The maximum atomic E-state index is 12.9. The molecule has 0 amide bonds. The lowest BCUT2D eigenvalue weighted by molar-refractivity contribution is 0.122. The SMILES string of the molecule is N.O=c1[nH]n(C(c2ccccc2)c2ccc(N3CCOCC3)cc2)c(O)c1Sc1ccccc1Cl. The van der Waals surface area contributed by atoms with Gasteiger partial charge in [-0.05, 0) is 35.4 Å². The van der Waals surface area contributed by atoms with E-state index in [0.29, 0.717) is 9.92 Å². The third-order valence-electron chi connectivity index (χ3n) is 5.87. The van der Waals surface area contributed by atoms with Crippen LogP contribution in [0.1, 0.15) is 17.2 Å². The molecule has 0 aliphatic carbocycles. The van der Waals surface area contributed by atoms with Crippen LogP contribution in [0.4, 0.5) is 5.69 Å². The van der Waals surface area contributed by atoms with Crippen LogP contribution in [0.15, 0.2) is 93.4 Å². The van der Waals surface area contributed by atoms with E-state index in [2.05, 4.69) is 22.1 Å². The van der Waals surface area contributed by atoms with E-state index in [0.717, 1.165) is 54.9 Å². The Labute approximate surface area is 212 Å².